The van der Waals surface area contributed by atoms with Crippen LogP contribution in [0.3, 0.4) is 0 Å². The summed E-state index contributed by atoms with van der Waals surface area (Å²) in [6, 6.07) is 5.49. The van der Waals surface area contributed by atoms with Gasteiger partial charge in [-0.05, 0) is 32.4 Å². The number of hydrogen-bond donors (Lipinski definition) is 0. The van der Waals surface area contributed by atoms with E-state index in [1.165, 1.54) is 9.08 Å². The van der Waals surface area contributed by atoms with Crippen molar-refractivity contribution in [1.82, 2.24) is 14.2 Å². The van der Waals surface area contributed by atoms with Crippen molar-refractivity contribution in [3.8, 4) is 0 Å². The third kappa shape index (κ3) is 1.73. The fourth-order valence-electron chi connectivity index (χ4n) is 1.66. The van der Waals surface area contributed by atoms with E-state index in [9.17, 15) is 4.79 Å². The molecule has 0 aliphatic rings. The van der Waals surface area contributed by atoms with Crippen LogP contribution in [-0.4, -0.2) is 20.1 Å². The van der Waals surface area contributed by atoms with Gasteiger partial charge in [-0.15, -0.1) is 16.7 Å². The summed E-state index contributed by atoms with van der Waals surface area (Å²) in [4.78, 5) is 12.1. The predicted octanol–water partition coefficient (Wildman–Crippen LogP) is 1.86. The molecule has 0 bridgehead atoms. The largest absolute Gasteiger partial charge is 0.350 e. The maximum absolute atomic E-state index is 12.1. The van der Waals surface area contributed by atoms with Crippen molar-refractivity contribution in [2.45, 2.75) is 25.8 Å². The van der Waals surface area contributed by atoms with Gasteiger partial charge in [0.15, 0.2) is 5.65 Å². The molecule has 0 aromatic carbocycles. The Morgan fingerprint density at radius 3 is 2.81 bits per heavy atom. The second-order valence-electron chi connectivity index (χ2n) is 4.37. The molecular weight excluding hydrogens is 226 g/mol. The normalized spacial score (nSPS) is 12.2. The van der Waals surface area contributed by atoms with Crippen molar-refractivity contribution in [1.29, 1.82) is 0 Å². The molecule has 2 heterocycles. The molecule has 2 aromatic rings. The summed E-state index contributed by atoms with van der Waals surface area (Å²) in [5, 5.41) is 4.31. The Morgan fingerprint density at radius 2 is 2.19 bits per heavy atom. The summed E-state index contributed by atoms with van der Waals surface area (Å²) >= 11 is 5.74. The van der Waals surface area contributed by atoms with Gasteiger partial charge in [0, 0.05) is 12.1 Å². The van der Waals surface area contributed by atoms with Gasteiger partial charge < -0.3 is 0 Å². The third-order valence-electron chi connectivity index (χ3n) is 2.71. The fourth-order valence-corrected chi connectivity index (χ4v) is 2.12. The summed E-state index contributed by atoms with van der Waals surface area (Å²) in [6.45, 7) is 3.92. The molecule has 4 nitrogen and oxygen atoms in total. The molecule has 0 aliphatic heterocycles. The lowest BCUT2D eigenvalue weighted by Crippen LogP contribution is -2.37. The first-order chi connectivity index (χ1) is 7.56. The highest BCUT2D eigenvalue weighted by molar-refractivity contribution is 6.17. The monoisotopic (exact) mass is 239 g/mol. The number of hydrogen-bond acceptors (Lipinski definition) is 2. The van der Waals surface area contributed by atoms with Crippen LogP contribution in [-0.2, 0) is 5.54 Å². The van der Waals surface area contributed by atoms with E-state index >= 15 is 0 Å². The molecule has 5 heteroatoms. The van der Waals surface area contributed by atoms with Crippen molar-refractivity contribution >= 4 is 17.2 Å². The summed E-state index contributed by atoms with van der Waals surface area (Å²) in [7, 11) is 0. The van der Waals surface area contributed by atoms with Crippen LogP contribution in [0.2, 0.25) is 0 Å². The van der Waals surface area contributed by atoms with Crippen molar-refractivity contribution in [3.05, 3.63) is 34.9 Å². The lowest BCUT2D eigenvalue weighted by molar-refractivity contribution is 0.300. The van der Waals surface area contributed by atoms with E-state index in [1.807, 2.05) is 32.0 Å². The molecule has 0 saturated carbocycles. The van der Waals surface area contributed by atoms with E-state index in [0.717, 1.165) is 0 Å². The molecule has 0 spiro atoms. The Labute approximate surface area is 98.5 Å². The molecular formula is C11H14ClN3O. The minimum atomic E-state index is -0.356. The van der Waals surface area contributed by atoms with Crippen molar-refractivity contribution in [3.63, 3.8) is 0 Å². The summed E-state index contributed by atoms with van der Waals surface area (Å²) < 4.78 is 3.04. The maximum Gasteiger partial charge on any atom is 0.350 e. The Bertz CT molecular complexity index is 556. The van der Waals surface area contributed by atoms with Crippen LogP contribution in [0.1, 0.15) is 20.3 Å². The molecule has 2 rings (SSSR count). The molecule has 0 N–H and O–H groups in total. The third-order valence-corrected chi connectivity index (χ3v) is 2.90. The van der Waals surface area contributed by atoms with Crippen LogP contribution in [0, 0.1) is 0 Å². The summed E-state index contributed by atoms with van der Waals surface area (Å²) in [5.74, 6) is 0.507. The van der Waals surface area contributed by atoms with Crippen molar-refractivity contribution in [2.75, 3.05) is 5.88 Å². The molecule has 86 valence electrons. The van der Waals surface area contributed by atoms with Crippen LogP contribution in [0.4, 0.5) is 0 Å². The molecule has 0 aliphatic carbocycles. The van der Waals surface area contributed by atoms with Crippen LogP contribution in [0.25, 0.3) is 5.65 Å². The summed E-state index contributed by atoms with van der Waals surface area (Å²) in [5.41, 5.74) is 0.186. The van der Waals surface area contributed by atoms with E-state index < -0.39 is 0 Å². The number of rotatable bonds is 3. The van der Waals surface area contributed by atoms with Gasteiger partial charge in [0.2, 0.25) is 0 Å². The van der Waals surface area contributed by atoms with Gasteiger partial charge in [0.1, 0.15) is 0 Å². The van der Waals surface area contributed by atoms with Crippen LogP contribution in [0.5, 0.6) is 0 Å². The quantitative estimate of drug-likeness (QED) is 0.767. The number of fused-ring (bicyclic) bond motifs is 1. The van der Waals surface area contributed by atoms with Gasteiger partial charge in [0.05, 0.1) is 5.54 Å². The molecule has 0 unspecified atom stereocenters. The average molecular weight is 240 g/mol. The minimum absolute atomic E-state index is 0.120. The smallest absolute Gasteiger partial charge is 0.250 e. The van der Waals surface area contributed by atoms with Crippen LogP contribution >= 0.6 is 11.6 Å². The topological polar surface area (TPSA) is 39.3 Å². The Hall–Kier alpha value is -1.29. The van der Waals surface area contributed by atoms with E-state index in [1.54, 1.807) is 6.20 Å². The second kappa shape index (κ2) is 3.94. The van der Waals surface area contributed by atoms with Gasteiger partial charge in [0.25, 0.3) is 0 Å². The molecule has 0 atom stereocenters. The van der Waals surface area contributed by atoms with Gasteiger partial charge in [-0.25, -0.2) is 9.48 Å². The van der Waals surface area contributed by atoms with Gasteiger partial charge in [-0.1, -0.05) is 6.07 Å². The molecule has 0 radical (unpaired) electrons. The van der Waals surface area contributed by atoms with E-state index in [4.69, 9.17) is 11.6 Å². The number of aromatic nitrogens is 3. The highest BCUT2D eigenvalue weighted by Gasteiger charge is 2.24. The Kier molecular flexibility index (Phi) is 2.76. The fraction of sp³-hybridized carbons (Fsp3) is 0.455. The van der Waals surface area contributed by atoms with Gasteiger partial charge >= 0.3 is 5.69 Å². The average Bonchev–Trinajstić information content (AvgIpc) is 2.58. The van der Waals surface area contributed by atoms with Crippen LogP contribution in [0.15, 0.2) is 29.2 Å². The van der Waals surface area contributed by atoms with Crippen molar-refractivity contribution in [2.24, 2.45) is 0 Å². The minimum Gasteiger partial charge on any atom is -0.250 e. The highest BCUT2D eigenvalue weighted by Crippen LogP contribution is 2.17. The lowest BCUT2D eigenvalue weighted by atomic mass is 10.0. The first-order valence-corrected chi connectivity index (χ1v) is 5.72. The number of alkyl halides is 1. The zero-order chi connectivity index (χ0) is 11.8. The number of pyridine rings is 1. The molecule has 16 heavy (non-hydrogen) atoms. The Balaban J connectivity index is 2.62. The molecule has 0 amide bonds. The van der Waals surface area contributed by atoms with Crippen molar-refractivity contribution < 1.29 is 0 Å². The number of halogens is 1. The standard InChI is InChI=1S/C11H14ClN3O/c1-11(2,6-7-12)15-10(16)14-8-4-3-5-9(14)13-15/h3-5,8H,6-7H2,1-2H3. The Morgan fingerprint density at radius 1 is 1.44 bits per heavy atom. The molecule has 0 fully saturated rings. The second-order valence-corrected chi connectivity index (χ2v) is 4.75. The van der Waals surface area contributed by atoms with E-state index in [-0.39, 0.29) is 11.2 Å². The summed E-state index contributed by atoms with van der Waals surface area (Å²) in [6.07, 6.45) is 2.43. The highest BCUT2D eigenvalue weighted by atomic mass is 35.5. The predicted molar refractivity (Wildman–Crippen MR) is 64.1 cm³/mol. The molecule has 0 saturated heterocycles. The van der Waals surface area contributed by atoms with Crippen LogP contribution < -0.4 is 5.69 Å². The lowest BCUT2D eigenvalue weighted by Gasteiger charge is -2.22. The SMILES string of the molecule is CC(C)(CCCl)n1nc2ccccn2c1=O. The van der Waals surface area contributed by atoms with E-state index in [0.29, 0.717) is 17.9 Å². The van der Waals surface area contributed by atoms with Gasteiger partial charge in [-0.3, -0.25) is 4.40 Å². The zero-order valence-corrected chi connectivity index (χ0v) is 10.1. The molecule has 2 aromatic heterocycles. The zero-order valence-electron chi connectivity index (χ0n) is 9.35. The van der Waals surface area contributed by atoms with Gasteiger partial charge in [-0.2, -0.15) is 0 Å². The first kappa shape index (κ1) is 11.2. The first-order valence-electron chi connectivity index (χ1n) is 5.19. The maximum atomic E-state index is 12.1. The van der Waals surface area contributed by atoms with E-state index in [2.05, 4.69) is 5.10 Å². The number of nitrogens with zero attached hydrogens (tertiary/aromatic N) is 3.